The lowest BCUT2D eigenvalue weighted by Crippen LogP contribution is -2.09. The van der Waals surface area contributed by atoms with Gasteiger partial charge in [-0.25, -0.2) is 0 Å². The molecule has 2 aromatic rings. The van der Waals surface area contributed by atoms with Gasteiger partial charge in [0.25, 0.3) is 0 Å². The fraction of sp³-hybridized carbons (Fsp3) is 0.591. The Labute approximate surface area is 157 Å². The van der Waals surface area contributed by atoms with Crippen molar-refractivity contribution >= 4 is 16.8 Å². The average molecular weight is 359 g/mol. The molecule has 0 amide bonds. The lowest BCUT2D eigenvalue weighted by molar-refractivity contribution is 0.0904. The number of fused-ring (bicyclic) bond motifs is 1. The maximum absolute atomic E-state index is 12.6. The number of unbranched alkanes of at least 4 members (excludes halogenated alkanes) is 8. The molecule has 1 aromatic carbocycles. The fourth-order valence-electron chi connectivity index (χ4n) is 3.55. The third kappa shape index (κ3) is 5.87. The Morgan fingerprint density at radius 1 is 1.04 bits per heavy atom. The minimum atomic E-state index is 0.131. The fourth-order valence-corrected chi connectivity index (χ4v) is 3.55. The van der Waals surface area contributed by atoms with E-state index in [4.69, 9.17) is 5.73 Å². The van der Waals surface area contributed by atoms with Gasteiger partial charge in [-0.3, -0.25) is 9.36 Å². The van der Waals surface area contributed by atoms with Crippen molar-refractivity contribution < 1.29 is 9.90 Å². The van der Waals surface area contributed by atoms with Gasteiger partial charge in [-0.15, -0.1) is 0 Å². The Hall–Kier alpha value is -1.81. The van der Waals surface area contributed by atoms with E-state index < -0.39 is 0 Å². The van der Waals surface area contributed by atoms with Gasteiger partial charge in [-0.2, -0.15) is 0 Å². The molecule has 2 rings (SSSR count). The predicted molar refractivity (Wildman–Crippen MR) is 109 cm³/mol. The number of benzene rings is 1. The molecule has 0 aliphatic heterocycles. The van der Waals surface area contributed by atoms with Crippen molar-refractivity contribution in [3.8, 4) is 5.75 Å². The Bertz CT molecular complexity index is 691. The molecule has 1 aromatic heterocycles. The summed E-state index contributed by atoms with van der Waals surface area (Å²) in [5.41, 5.74) is 7.58. The topological polar surface area (TPSA) is 68.2 Å². The van der Waals surface area contributed by atoms with E-state index in [1.165, 1.54) is 44.9 Å². The lowest BCUT2D eigenvalue weighted by atomic mass is 10.1. The number of carbonyl (C=O) groups is 1. The number of rotatable bonds is 12. The first-order valence-corrected chi connectivity index (χ1v) is 10.2. The van der Waals surface area contributed by atoms with E-state index in [9.17, 15) is 9.90 Å². The molecule has 26 heavy (non-hydrogen) atoms. The maximum Gasteiger partial charge on any atom is 0.231 e. The van der Waals surface area contributed by atoms with Crippen molar-refractivity contribution in [3.63, 3.8) is 0 Å². The summed E-state index contributed by atoms with van der Waals surface area (Å²) < 4.78 is 1.74. The van der Waals surface area contributed by atoms with E-state index in [0.29, 0.717) is 19.4 Å². The summed E-state index contributed by atoms with van der Waals surface area (Å²) >= 11 is 0. The van der Waals surface area contributed by atoms with Crippen LogP contribution in [0.4, 0.5) is 0 Å². The molecule has 0 saturated carbocycles. The zero-order valence-electron chi connectivity index (χ0n) is 16.2. The highest BCUT2D eigenvalue weighted by molar-refractivity contribution is 5.95. The number of phenolic OH excluding ortho intramolecular Hbond substituents is 1. The van der Waals surface area contributed by atoms with E-state index in [1.807, 2.05) is 12.3 Å². The van der Waals surface area contributed by atoms with E-state index in [-0.39, 0.29) is 11.7 Å². The summed E-state index contributed by atoms with van der Waals surface area (Å²) in [5.74, 6) is 0.354. The summed E-state index contributed by atoms with van der Waals surface area (Å²) in [7, 11) is 0. The highest BCUT2D eigenvalue weighted by Crippen LogP contribution is 2.26. The molecule has 0 atom stereocenters. The van der Waals surface area contributed by atoms with E-state index in [2.05, 4.69) is 6.92 Å². The van der Waals surface area contributed by atoms with Crippen LogP contribution in [-0.2, 0) is 6.42 Å². The van der Waals surface area contributed by atoms with Crippen LogP contribution in [0.1, 0.15) is 81.5 Å². The zero-order chi connectivity index (χ0) is 18.8. The quantitative estimate of drug-likeness (QED) is 0.498. The van der Waals surface area contributed by atoms with Crippen molar-refractivity contribution in [1.82, 2.24) is 4.57 Å². The molecule has 1 heterocycles. The normalized spacial score (nSPS) is 11.3. The predicted octanol–water partition coefficient (Wildman–Crippen LogP) is 5.41. The van der Waals surface area contributed by atoms with Crippen molar-refractivity contribution in [2.75, 3.05) is 6.54 Å². The van der Waals surface area contributed by atoms with Crippen molar-refractivity contribution in [2.45, 2.75) is 77.6 Å². The van der Waals surface area contributed by atoms with Gasteiger partial charge in [0.15, 0.2) is 0 Å². The van der Waals surface area contributed by atoms with Crippen LogP contribution in [0, 0.1) is 0 Å². The standard InChI is InChI=1S/C22H34N2O2/c1-2-3-4-5-6-7-8-9-10-11-22(26)24-17-18(14-15-23)20-16-19(25)12-13-21(20)24/h12-13,16-17,25H,2-11,14-15,23H2,1H3. The van der Waals surface area contributed by atoms with Crippen LogP contribution in [-0.4, -0.2) is 22.1 Å². The summed E-state index contributed by atoms with van der Waals surface area (Å²) in [4.78, 5) is 12.6. The van der Waals surface area contributed by atoms with Crippen LogP contribution < -0.4 is 5.73 Å². The SMILES string of the molecule is CCCCCCCCCCCC(=O)n1cc(CCN)c2cc(O)ccc21. The van der Waals surface area contributed by atoms with E-state index in [0.717, 1.165) is 29.3 Å². The smallest absolute Gasteiger partial charge is 0.231 e. The van der Waals surface area contributed by atoms with Crippen LogP contribution in [0.15, 0.2) is 24.4 Å². The molecule has 0 spiro atoms. The van der Waals surface area contributed by atoms with Crippen LogP contribution in [0.5, 0.6) is 5.75 Å². The number of carbonyl (C=O) groups excluding carboxylic acids is 1. The second kappa shape index (κ2) is 11.0. The number of aromatic nitrogens is 1. The van der Waals surface area contributed by atoms with Gasteiger partial charge in [-0.05, 0) is 43.1 Å². The summed E-state index contributed by atoms with van der Waals surface area (Å²) in [6, 6.07) is 5.18. The van der Waals surface area contributed by atoms with Crippen molar-refractivity contribution in [1.29, 1.82) is 0 Å². The molecule has 0 unspecified atom stereocenters. The molecule has 0 radical (unpaired) electrons. The Morgan fingerprint density at radius 3 is 2.35 bits per heavy atom. The van der Waals surface area contributed by atoms with Gasteiger partial charge in [0, 0.05) is 18.0 Å². The molecular weight excluding hydrogens is 324 g/mol. The molecule has 0 aliphatic rings. The van der Waals surface area contributed by atoms with Crippen LogP contribution in [0.25, 0.3) is 10.9 Å². The van der Waals surface area contributed by atoms with Gasteiger partial charge in [0.2, 0.25) is 5.91 Å². The van der Waals surface area contributed by atoms with Gasteiger partial charge in [0.05, 0.1) is 5.52 Å². The minimum absolute atomic E-state index is 0.131. The first-order chi connectivity index (χ1) is 12.7. The number of aromatic hydroxyl groups is 1. The molecule has 144 valence electrons. The molecule has 0 fully saturated rings. The number of nitrogens with zero attached hydrogens (tertiary/aromatic N) is 1. The largest absolute Gasteiger partial charge is 0.508 e. The van der Waals surface area contributed by atoms with E-state index in [1.54, 1.807) is 16.7 Å². The highest BCUT2D eigenvalue weighted by Gasteiger charge is 2.13. The molecule has 0 aliphatic carbocycles. The van der Waals surface area contributed by atoms with Crippen molar-refractivity contribution in [3.05, 3.63) is 30.0 Å². The van der Waals surface area contributed by atoms with Gasteiger partial charge >= 0.3 is 0 Å². The molecule has 0 bridgehead atoms. The first kappa shape index (κ1) is 20.5. The third-order valence-electron chi connectivity index (χ3n) is 5.05. The van der Waals surface area contributed by atoms with Crippen molar-refractivity contribution in [2.24, 2.45) is 5.73 Å². The maximum atomic E-state index is 12.6. The third-order valence-corrected chi connectivity index (χ3v) is 5.05. The molecular formula is C22H34N2O2. The average Bonchev–Trinajstić information content (AvgIpc) is 2.98. The number of hydrogen-bond acceptors (Lipinski definition) is 3. The van der Waals surface area contributed by atoms with Gasteiger partial charge in [0.1, 0.15) is 5.75 Å². The summed E-state index contributed by atoms with van der Waals surface area (Å²) in [5, 5.41) is 10.7. The monoisotopic (exact) mass is 358 g/mol. The highest BCUT2D eigenvalue weighted by atomic mass is 16.3. The molecule has 3 N–H and O–H groups in total. The first-order valence-electron chi connectivity index (χ1n) is 10.2. The van der Waals surface area contributed by atoms with Crippen LogP contribution in [0.3, 0.4) is 0 Å². The van der Waals surface area contributed by atoms with Gasteiger partial charge in [-0.1, -0.05) is 58.3 Å². The van der Waals surface area contributed by atoms with Crippen LogP contribution in [0.2, 0.25) is 0 Å². The molecule has 0 saturated heterocycles. The number of nitrogens with two attached hydrogens (primary N) is 1. The number of phenols is 1. The molecule has 4 heteroatoms. The van der Waals surface area contributed by atoms with Gasteiger partial charge < -0.3 is 10.8 Å². The summed E-state index contributed by atoms with van der Waals surface area (Å²) in [6.07, 6.45) is 14.4. The minimum Gasteiger partial charge on any atom is -0.508 e. The van der Waals surface area contributed by atoms with E-state index >= 15 is 0 Å². The summed E-state index contributed by atoms with van der Waals surface area (Å²) in [6.45, 7) is 2.77. The second-order valence-corrected chi connectivity index (χ2v) is 7.24. The van der Waals surface area contributed by atoms with Crippen LogP contribution >= 0.6 is 0 Å². The Morgan fingerprint density at radius 2 is 1.69 bits per heavy atom. The Kier molecular flexibility index (Phi) is 8.69. The zero-order valence-corrected chi connectivity index (χ0v) is 16.2. The Balaban J connectivity index is 1.82. The second-order valence-electron chi connectivity index (χ2n) is 7.24. The molecule has 4 nitrogen and oxygen atoms in total. The lowest BCUT2D eigenvalue weighted by Gasteiger charge is -2.05. The number of hydrogen-bond donors (Lipinski definition) is 2.